The highest BCUT2D eigenvalue weighted by atomic mass is 127. The summed E-state index contributed by atoms with van der Waals surface area (Å²) in [6, 6.07) is 2.07. The fourth-order valence-electron chi connectivity index (χ4n) is 1.16. The first-order valence-corrected chi connectivity index (χ1v) is 5.30. The Hall–Kier alpha value is 0.170. The van der Waals surface area contributed by atoms with Crippen molar-refractivity contribution in [2.45, 2.75) is 26.7 Å². The van der Waals surface area contributed by atoms with Crippen LogP contribution in [0.3, 0.4) is 0 Å². The van der Waals surface area contributed by atoms with Crippen molar-refractivity contribution in [1.29, 1.82) is 0 Å². The summed E-state index contributed by atoms with van der Waals surface area (Å²) in [4.78, 5) is 4.33. The molecule has 1 rings (SSSR count). The molecule has 0 N–H and O–H groups in total. The molecule has 12 heavy (non-hydrogen) atoms. The van der Waals surface area contributed by atoms with Crippen LogP contribution in [0.15, 0.2) is 6.07 Å². The summed E-state index contributed by atoms with van der Waals surface area (Å²) >= 11 is 8.11. The van der Waals surface area contributed by atoms with Crippen LogP contribution in [0, 0.1) is 10.5 Å². The van der Waals surface area contributed by atoms with Crippen molar-refractivity contribution in [2.75, 3.05) is 0 Å². The normalized spacial score (nSPS) is 10.8. The predicted molar refractivity (Wildman–Crippen MR) is 60.8 cm³/mol. The molecule has 0 spiro atoms. The number of hydrogen-bond donors (Lipinski definition) is 0. The molecule has 1 heterocycles. The van der Waals surface area contributed by atoms with Crippen LogP contribution in [-0.2, 0) is 0 Å². The van der Waals surface area contributed by atoms with Gasteiger partial charge in [-0.3, -0.25) is 0 Å². The zero-order chi connectivity index (χ0) is 9.30. The molecule has 0 bridgehead atoms. The molecule has 0 aliphatic rings. The molecule has 1 aromatic heterocycles. The third-order valence-electron chi connectivity index (χ3n) is 1.71. The molecule has 1 aromatic rings. The first-order valence-electron chi connectivity index (χ1n) is 3.85. The summed E-state index contributed by atoms with van der Waals surface area (Å²) in [5, 5.41) is 0.616. The summed E-state index contributed by atoms with van der Waals surface area (Å²) in [6.45, 7) is 6.32. The quantitative estimate of drug-likeness (QED) is 0.568. The summed E-state index contributed by atoms with van der Waals surface area (Å²) in [5.41, 5.74) is 2.32. The van der Waals surface area contributed by atoms with Crippen molar-refractivity contribution in [3.05, 3.63) is 26.0 Å². The van der Waals surface area contributed by atoms with Crippen LogP contribution in [0.5, 0.6) is 0 Å². The molecule has 0 atom stereocenters. The number of pyridine rings is 1. The highest BCUT2D eigenvalue weighted by Crippen LogP contribution is 2.23. The van der Waals surface area contributed by atoms with Crippen LogP contribution in [0.25, 0.3) is 0 Å². The van der Waals surface area contributed by atoms with Gasteiger partial charge in [0.25, 0.3) is 0 Å². The average molecular weight is 296 g/mol. The minimum absolute atomic E-state index is 0.444. The molecule has 66 valence electrons. The van der Waals surface area contributed by atoms with Crippen LogP contribution < -0.4 is 0 Å². The number of rotatable bonds is 1. The zero-order valence-electron chi connectivity index (χ0n) is 7.36. The Morgan fingerprint density at radius 3 is 2.58 bits per heavy atom. The largest absolute Gasteiger partial charge is 0.239 e. The summed E-state index contributed by atoms with van der Waals surface area (Å²) in [6.07, 6.45) is 0. The maximum absolute atomic E-state index is 5.91. The molecule has 3 heteroatoms. The lowest BCUT2D eigenvalue weighted by Crippen LogP contribution is -1.98. The molecule has 1 nitrogen and oxygen atoms in total. The standard InChI is InChI=1S/C9H11ClIN/c1-5(2)8-6(3)4-7(11)9(10)12-8/h4-5H,1-3H3. The summed E-state index contributed by atoms with van der Waals surface area (Å²) in [7, 11) is 0. The van der Waals surface area contributed by atoms with Crippen LogP contribution in [0.4, 0.5) is 0 Å². The van der Waals surface area contributed by atoms with E-state index in [1.165, 1.54) is 5.56 Å². The van der Waals surface area contributed by atoms with Gasteiger partial charge in [-0.15, -0.1) is 0 Å². The third-order valence-corrected chi connectivity index (χ3v) is 3.14. The molecule has 0 unspecified atom stereocenters. The van der Waals surface area contributed by atoms with Gasteiger partial charge in [0.15, 0.2) is 0 Å². The lowest BCUT2D eigenvalue weighted by atomic mass is 10.1. The van der Waals surface area contributed by atoms with Gasteiger partial charge >= 0.3 is 0 Å². The van der Waals surface area contributed by atoms with E-state index in [0.29, 0.717) is 11.1 Å². The molecule has 0 aliphatic carbocycles. The van der Waals surface area contributed by atoms with E-state index in [2.05, 4.69) is 54.4 Å². The Bertz CT molecular complexity index is 297. The zero-order valence-corrected chi connectivity index (χ0v) is 10.3. The fourth-order valence-corrected chi connectivity index (χ4v) is 1.89. The molecule has 0 aromatic carbocycles. The third kappa shape index (κ3) is 2.10. The van der Waals surface area contributed by atoms with Gasteiger partial charge < -0.3 is 0 Å². The van der Waals surface area contributed by atoms with Gasteiger partial charge in [0.05, 0.1) is 3.57 Å². The van der Waals surface area contributed by atoms with Crippen LogP contribution in [0.1, 0.15) is 31.0 Å². The first kappa shape index (κ1) is 10.3. The highest BCUT2D eigenvalue weighted by molar-refractivity contribution is 14.1. The van der Waals surface area contributed by atoms with Gasteiger partial charge in [0.1, 0.15) is 5.15 Å². The van der Waals surface area contributed by atoms with Crippen molar-refractivity contribution < 1.29 is 0 Å². The second-order valence-electron chi connectivity index (χ2n) is 3.12. The van der Waals surface area contributed by atoms with Crippen LogP contribution in [-0.4, -0.2) is 4.98 Å². The van der Waals surface area contributed by atoms with Gasteiger partial charge in [-0.2, -0.15) is 0 Å². The van der Waals surface area contributed by atoms with Gasteiger partial charge in [0.2, 0.25) is 0 Å². The van der Waals surface area contributed by atoms with Crippen LogP contribution in [0.2, 0.25) is 5.15 Å². The Labute approximate surface area is 91.7 Å². The number of aryl methyl sites for hydroxylation is 1. The maximum Gasteiger partial charge on any atom is 0.142 e. The first-order chi connectivity index (χ1) is 5.52. The Kier molecular flexibility index (Phi) is 3.35. The number of halogens is 2. The minimum atomic E-state index is 0.444. The van der Waals surface area contributed by atoms with Crippen molar-refractivity contribution in [2.24, 2.45) is 0 Å². The Balaban J connectivity index is 3.23. The molecule has 0 saturated heterocycles. The van der Waals surface area contributed by atoms with Gasteiger partial charge in [-0.1, -0.05) is 25.4 Å². The predicted octanol–water partition coefficient (Wildman–Crippen LogP) is 3.77. The summed E-state index contributed by atoms with van der Waals surface area (Å²) < 4.78 is 1.02. The van der Waals surface area contributed by atoms with Gasteiger partial charge in [-0.05, 0) is 47.1 Å². The van der Waals surface area contributed by atoms with E-state index in [9.17, 15) is 0 Å². The van der Waals surface area contributed by atoms with E-state index in [0.717, 1.165) is 9.26 Å². The Morgan fingerprint density at radius 2 is 2.08 bits per heavy atom. The van der Waals surface area contributed by atoms with Gasteiger partial charge in [0, 0.05) is 5.69 Å². The number of aromatic nitrogens is 1. The summed E-state index contributed by atoms with van der Waals surface area (Å²) in [5.74, 6) is 0.444. The molecular formula is C9H11ClIN. The van der Waals surface area contributed by atoms with Crippen LogP contribution >= 0.6 is 34.2 Å². The highest BCUT2D eigenvalue weighted by Gasteiger charge is 2.08. The van der Waals surface area contributed by atoms with Crippen molar-refractivity contribution in [3.8, 4) is 0 Å². The molecule has 0 fully saturated rings. The minimum Gasteiger partial charge on any atom is -0.239 e. The lowest BCUT2D eigenvalue weighted by Gasteiger charge is -2.09. The number of hydrogen-bond acceptors (Lipinski definition) is 1. The van der Waals surface area contributed by atoms with E-state index >= 15 is 0 Å². The molecule has 0 radical (unpaired) electrons. The maximum atomic E-state index is 5.91. The SMILES string of the molecule is Cc1cc(I)c(Cl)nc1C(C)C. The van der Waals surface area contributed by atoms with E-state index in [4.69, 9.17) is 11.6 Å². The Morgan fingerprint density at radius 1 is 1.50 bits per heavy atom. The second-order valence-corrected chi connectivity index (χ2v) is 4.64. The topological polar surface area (TPSA) is 12.9 Å². The monoisotopic (exact) mass is 295 g/mol. The van der Waals surface area contributed by atoms with E-state index in [1.807, 2.05) is 0 Å². The fraction of sp³-hybridized carbons (Fsp3) is 0.444. The van der Waals surface area contributed by atoms with E-state index in [-0.39, 0.29) is 0 Å². The second kappa shape index (κ2) is 3.92. The van der Waals surface area contributed by atoms with Crippen molar-refractivity contribution >= 4 is 34.2 Å². The molecule has 0 amide bonds. The lowest BCUT2D eigenvalue weighted by molar-refractivity contribution is 0.810. The smallest absolute Gasteiger partial charge is 0.142 e. The van der Waals surface area contributed by atoms with Crippen molar-refractivity contribution in [1.82, 2.24) is 4.98 Å². The van der Waals surface area contributed by atoms with Crippen molar-refractivity contribution in [3.63, 3.8) is 0 Å². The number of nitrogens with zero attached hydrogens (tertiary/aromatic N) is 1. The van der Waals surface area contributed by atoms with E-state index < -0.39 is 0 Å². The average Bonchev–Trinajstić information content (AvgIpc) is 1.96. The molecule has 0 aliphatic heterocycles. The molecule has 0 saturated carbocycles. The van der Waals surface area contributed by atoms with E-state index in [1.54, 1.807) is 0 Å². The molecular weight excluding hydrogens is 284 g/mol. The van der Waals surface area contributed by atoms with Gasteiger partial charge in [-0.25, -0.2) is 4.98 Å².